The second-order valence-electron chi connectivity index (χ2n) is 3.59. The van der Waals surface area contributed by atoms with Crippen molar-refractivity contribution < 1.29 is 12.8 Å². The molecule has 0 aliphatic heterocycles. The van der Waals surface area contributed by atoms with Gasteiger partial charge in [0.1, 0.15) is 15.7 Å². The van der Waals surface area contributed by atoms with Gasteiger partial charge in [0.05, 0.1) is 11.9 Å². The average molecular weight is 300 g/mol. The summed E-state index contributed by atoms with van der Waals surface area (Å²) >= 11 is 4.76. The Labute approximate surface area is 113 Å². The Morgan fingerprint density at radius 3 is 2.79 bits per heavy atom. The second kappa shape index (κ2) is 4.94. The topological polar surface area (TPSA) is 101 Å². The van der Waals surface area contributed by atoms with E-state index in [1.807, 2.05) is 0 Å². The summed E-state index contributed by atoms with van der Waals surface area (Å²) in [6.45, 7) is 0. The molecule has 0 saturated heterocycles. The maximum absolute atomic E-state index is 13.1. The summed E-state index contributed by atoms with van der Waals surface area (Å²) in [6.07, 6.45) is 2.36. The van der Waals surface area contributed by atoms with E-state index in [0.717, 1.165) is 18.3 Å². The van der Waals surface area contributed by atoms with Gasteiger partial charge in [-0.15, -0.1) is 0 Å². The number of rotatable bonds is 4. The van der Waals surface area contributed by atoms with Crippen LogP contribution in [-0.2, 0) is 10.0 Å². The minimum atomic E-state index is -3.82. The third-order valence-corrected chi connectivity index (χ3v) is 3.83. The molecule has 4 N–H and O–H groups in total. The van der Waals surface area contributed by atoms with Crippen molar-refractivity contribution in [2.24, 2.45) is 5.73 Å². The molecule has 19 heavy (non-hydrogen) atoms. The lowest BCUT2D eigenvalue weighted by Gasteiger charge is -2.10. The molecule has 0 saturated carbocycles. The smallest absolute Gasteiger partial charge is 0.265 e. The fourth-order valence-electron chi connectivity index (χ4n) is 1.40. The van der Waals surface area contributed by atoms with E-state index in [0.29, 0.717) is 0 Å². The summed E-state index contributed by atoms with van der Waals surface area (Å²) in [5.74, 6) is -0.561. The first kappa shape index (κ1) is 13.4. The summed E-state index contributed by atoms with van der Waals surface area (Å²) < 4.78 is 39.3. The number of hydrogen-bond acceptors (Lipinski definition) is 4. The van der Waals surface area contributed by atoms with Crippen LogP contribution in [0, 0.1) is 5.82 Å². The molecule has 1 aromatic heterocycles. The van der Waals surface area contributed by atoms with Gasteiger partial charge in [-0.2, -0.15) is 5.10 Å². The monoisotopic (exact) mass is 300 g/mol. The zero-order valence-electron chi connectivity index (χ0n) is 9.42. The van der Waals surface area contributed by atoms with Gasteiger partial charge < -0.3 is 5.73 Å². The quantitative estimate of drug-likeness (QED) is 0.731. The van der Waals surface area contributed by atoms with Crippen molar-refractivity contribution in [2.75, 3.05) is 4.72 Å². The van der Waals surface area contributed by atoms with Crippen LogP contribution in [-0.4, -0.2) is 23.6 Å². The molecule has 9 heteroatoms. The van der Waals surface area contributed by atoms with Crippen LogP contribution in [0.25, 0.3) is 0 Å². The van der Waals surface area contributed by atoms with Crippen molar-refractivity contribution in [2.45, 2.75) is 4.90 Å². The summed E-state index contributed by atoms with van der Waals surface area (Å²) in [6, 6.07) is 3.42. The SMILES string of the molecule is NC(=S)c1cc(F)ccc1NS(=O)(=O)c1cn[nH]c1. The van der Waals surface area contributed by atoms with E-state index in [-0.39, 0.29) is 21.1 Å². The average Bonchev–Trinajstić information content (AvgIpc) is 2.85. The van der Waals surface area contributed by atoms with Crippen LogP contribution in [0.15, 0.2) is 35.5 Å². The molecule has 0 aliphatic carbocycles. The van der Waals surface area contributed by atoms with Crippen LogP contribution in [0.5, 0.6) is 0 Å². The fraction of sp³-hybridized carbons (Fsp3) is 0. The number of sulfonamides is 1. The number of halogens is 1. The number of nitrogens with zero attached hydrogens (tertiary/aromatic N) is 1. The minimum absolute atomic E-state index is 0.0503. The van der Waals surface area contributed by atoms with Crippen molar-refractivity contribution in [1.29, 1.82) is 0 Å². The number of nitrogens with one attached hydrogen (secondary N) is 2. The zero-order valence-corrected chi connectivity index (χ0v) is 11.1. The zero-order chi connectivity index (χ0) is 14.0. The van der Waals surface area contributed by atoms with Crippen LogP contribution in [0.4, 0.5) is 10.1 Å². The van der Waals surface area contributed by atoms with E-state index in [2.05, 4.69) is 14.9 Å². The Balaban J connectivity index is 2.42. The van der Waals surface area contributed by atoms with Gasteiger partial charge in [0.25, 0.3) is 10.0 Å². The van der Waals surface area contributed by atoms with Crippen molar-refractivity contribution >= 4 is 32.9 Å². The first-order chi connectivity index (χ1) is 8.90. The lowest BCUT2D eigenvalue weighted by Crippen LogP contribution is -2.18. The van der Waals surface area contributed by atoms with E-state index in [4.69, 9.17) is 18.0 Å². The van der Waals surface area contributed by atoms with Crippen LogP contribution in [0.2, 0.25) is 0 Å². The lowest BCUT2D eigenvalue weighted by atomic mass is 10.2. The number of thiocarbonyl (C=S) groups is 1. The molecule has 2 rings (SSSR count). The van der Waals surface area contributed by atoms with E-state index in [1.54, 1.807) is 0 Å². The normalized spacial score (nSPS) is 11.2. The standard InChI is InChI=1S/C10H9FN4O2S2/c11-6-1-2-9(8(3-6)10(12)18)15-19(16,17)7-4-13-14-5-7/h1-5,15H,(H2,12,18)(H,13,14). The number of benzene rings is 1. The summed E-state index contributed by atoms with van der Waals surface area (Å²) in [5, 5.41) is 5.94. The molecule has 100 valence electrons. The summed E-state index contributed by atoms with van der Waals surface area (Å²) in [7, 11) is -3.82. The highest BCUT2D eigenvalue weighted by Crippen LogP contribution is 2.20. The largest absolute Gasteiger partial charge is 0.389 e. The molecule has 1 heterocycles. The number of aromatic nitrogens is 2. The molecule has 0 bridgehead atoms. The third-order valence-electron chi connectivity index (χ3n) is 2.27. The molecule has 6 nitrogen and oxygen atoms in total. The molecule has 0 spiro atoms. The minimum Gasteiger partial charge on any atom is -0.389 e. The van der Waals surface area contributed by atoms with E-state index < -0.39 is 15.8 Å². The summed E-state index contributed by atoms with van der Waals surface area (Å²) in [5.41, 5.74) is 5.65. The first-order valence-electron chi connectivity index (χ1n) is 5.01. The number of hydrogen-bond donors (Lipinski definition) is 3. The van der Waals surface area contributed by atoms with Gasteiger partial charge >= 0.3 is 0 Å². The highest BCUT2D eigenvalue weighted by Gasteiger charge is 2.18. The highest BCUT2D eigenvalue weighted by atomic mass is 32.2. The van der Waals surface area contributed by atoms with Gasteiger partial charge in [0, 0.05) is 11.8 Å². The van der Waals surface area contributed by atoms with Crippen molar-refractivity contribution in [3.8, 4) is 0 Å². The fourth-order valence-corrected chi connectivity index (χ4v) is 2.55. The Hall–Kier alpha value is -2.00. The molecule has 0 aliphatic rings. The van der Waals surface area contributed by atoms with Crippen molar-refractivity contribution in [3.05, 3.63) is 42.0 Å². The molecule has 0 amide bonds. The number of anilines is 1. The molecule has 1 aromatic carbocycles. The van der Waals surface area contributed by atoms with Crippen LogP contribution >= 0.6 is 12.2 Å². The highest BCUT2D eigenvalue weighted by molar-refractivity contribution is 7.92. The van der Waals surface area contributed by atoms with Gasteiger partial charge in [-0.3, -0.25) is 9.82 Å². The molecule has 0 unspecified atom stereocenters. The third kappa shape index (κ3) is 2.88. The molecular weight excluding hydrogens is 291 g/mol. The summed E-state index contributed by atoms with van der Waals surface area (Å²) in [4.78, 5) is -0.157. The molecule has 2 aromatic rings. The maximum atomic E-state index is 13.1. The number of H-pyrrole nitrogens is 1. The Bertz CT molecular complexity index is 713. The van der Waals surface area contributed by atoms with Crippen molar-refractivity contribution in [1.82, 2.24) is 10.2 Å². The van der Waals surface area contributed by atoms with E-state index in [1.165, 1.54) is 12.3 Å². The Kier molecular flexibility index (Phi) is 3.49. The van der Waals surface area contributed by atoms with Gasteiger partial charge in [0.15, 0.2) is 0 Å². The van der Waals surface area contributed by atoms with E-state index in [9.17, 15) is 12.8 Å². The lowest BCUT2D eigenvalue weighted by molar-refractivity contribution is 0.601. The number of nitrogens with two attached hydrogens (primary N) is 1. The predicted molar refractivity (Wildman–Crippen MR) is 71.7 cm³/mol. The van der Waals surface area contributed by atoms with Crippen LogP contribution in [0.1, 0.15) is 5.56 Å². The van der Waals surface area contributed by atoms with Crippen LogP contribution < -0.4 is 10.5 Å². The molecule has 0 atom stereocenters. The maximum Gasteiger partial charge on any atom is 0.265 e. The van der Waals surface area contributed by atoms with Crippen molar-refractivity contribution in [3.63, 3.8) is 0 Å². The van der Waals surface area contributed by atoms with Gasteiger partial charge in [-0.25, -0.2) is 12.8 Å². The van der Waals surface area contributed by atoms with Gasteiger partial charge in [-0.05, 0) is 18.2 Å². The Morgan fingerprint density at radius 1 is 1.47 bits per heavy atom. The molecular formula is C10H9FN4O2S2. The van der Waals surface area contributed by atoms with Gasteiger partial charge in [-0.1, -0.05) is 12.2 Å². The van der Waals surface area contributed by atoms with Crippen LogP contribution in [0.3, 0.4) is 0 Å². The number of aromatic amines is 1. The Morgan fingerprint density at radius 2 is 2.21 bits per heavy atom. The first-order valence-corrected chi connectivity index (χ1v) is 6.90. The van der Waals surface area contributed by atoms with E-state index >= 15 is 0 Å². The molecule has 0 radical (unpaired) electrons. The second-order valence-corrected chi connectivity index (χ2v) is 5.72. The van der Waals surface area contributed by atoms with Gasteiger partial charge in [0.2, 0.25) is 0 Å². The molecule has 0 fully saturated rings. The predicted octanol–water partition coefficient (Wildman–Crippen LogP) is 0.984.